The van der Waals surface area contributed by atoms with Gasteiger partial charge in [-0.1, -0.05) is 28.9 Å². The van der Waals surface area contributed by atoms with Crippen LogP contribution in [0.1, 0.15) is 25.8 Å². The predicted molar refractivity (Wildman–Crippen MR) is 85.9 cm³/mol. The molecular weight excluding hydrogens is 304 g/mol. The van der Waals surface area contributed by atoms with Crippen LogP contribution in [0, 0.1) is 0 Å². The van der Waals surface area contributed by atoms with Crippen molar-refractivity contribution in [3.05, 3.63) is 28.2 Å². The van der Waals surface area contributed by atoms with Crippen molar-refractivity contribution in [2.24, 2.45) is 0 Å². The Morgan fingerprint density at radius 3 is 2.74 bits per heavy atom. The highest BCUT2D eigenvalue weighted by molar-refractivity contribution is 9.10. The number of likely N-dealkylation sites (N-methyl/N-ethyl adjacent to an activating group) is 1. The van der Waals surface area contributed by atoms with Gasteiger partial charge < -0.3 is 15.0 Å². The molecule has 0 unspecified atom stereocenters. The summed E-state index contributed by atoms with van der Waals surface area (Å²) in [6.07, 6.45) is 1.16. The molecule has 0 aliphatic heterocycles. The van der Waals surface area contributed by atoms with Crippen LogP contribution in [0.5, 0.6) is 0 Å². The van der Waals surface area contributed by atoms with Gasteiger partial charge in [0.2, 0.25) is 0 Å². The van der Waals surface area contributed by atoms with Crippen LogP contribution in [0.2, 0.25) is 0 Å². The monoisotopic (exact) mass is 328 g/mol. The molecule has 19 heavy (non-hydrogen) atoms. The van der Waals surface area contributed by atoms with Gasteiger partial charge in [-0.15, -0.1) is 0 Å². The van der Waals surface area contributed by atoms with Crippen LogP contribution in [0.25, 0.3) is 0 Å². The number of anilines is 1. The van der Waals surface area contributed by atoms with Gasteiger partial charge in [-0.3, -0.25) is 0 Å². The molecule has 0 fully saturated rings. The first-order chi connectivity index (χ1) is 9.22. The average Bonchev–Trinajstić information content (AvgIpc) is 2.42. The lowest BCUT2D eigenvalue weighted by atomic mass is 10.1. The second kappa shape index (κ2) is 9.34. The quantitative estimate of drug-likeness (QED) is 0.703. The Balaban J connectivity index is 2.84. The minimum absolute atomic E-state index is 0.752. The van der Waals surface area contributed by atoms with E-state index in [2.05, 4.69) is 58.2 Å². The van der Waals surface area contributed by atoms with Gasteiger partial charge in [0.15, 0.2) is 0 Å². The van der Waals surface area contributed by atoms with Gasteiger partial charge in [-0.2, -0.15) is 0 Å². The summed E-state index contributed by atoms with van der Waals surface area (Å²) in [6.45, 7) is 9.00. The molecule has 1 aromatic rings. The Morgan fingerprint density at radius 1 is 1.32 bits per heavy atom. The molecule has 0 heterocycles. The highest BCUT2D eigenvalue weighted by atomic mass is 79.9. The smallest absolute Gasteiger partial charge is 0.0637 e. The van der Waals surface area contributed by atoms with E-state index in [4.69, 9.17) is 4.74 Å². The average molecular weight is 329 g/mol. The predicted octanol–water partition coefficient (Wildman–Crippen LogP) is 3.42. The van der Waals surface area contributed by atoms with Crippen molar-refractivity contribution in [3.63, 3.8) is 0 Å². The van der Waals surface area contributed by atoms with Crippen molar-refractivity contribution < 1.29 is 4.74 Å². The minimum atomic E-state index is 0.752. The minimum Gasteiger partial charge on any atom is -0.383 e. The van der Waals surface area contributed by atoms with Crippen molar-refractivity contribution in [2.45, 2.75) is 26.8 Å². The molecular formula is C15H25BrN2O. The van der Waals surface area contributed by atoms with Crippen molar-refractivity contribution in [2.75, 3.05) is 38.3 Å². The van der Waals surface area contributed by atoms with Gasteiger partial charge in [0, 0.05) is 36.9 Å². The molecule has 0 aliphatic rings. The molecule has 0 amide bonds. The molecule has 0 radical (unpaired) electrons. The number of nitrogens with zero attached hydrogens (tertiary/aromatic N) is 1. The summed E-state index contributed by atoms with van der Waals surface area (Å²) >= 11 is 3.57. The lowest BCUT2D eigenvalue weighted by Crippen LogP contribution is -2.28. The summed E-state index contributed by atoms with van der Waals surface area (Å²) in [6, 6.07) is 6.50. The molecule has 0 aliphatic carbocycles. The zero-order valence-corrected chi connectivity index (χ0v) is 13.8. The Morgan fingerprint density at radius 2 is 2.11 bits per heavy atom. The first-order valence-electron chi connectivity index (χ1n) is 6.95. The third-order valence-electron chi connectivity index (χ3n) is 3.08. The number of rotatable bonds is 9. The highest BCUT2D eigenvalue weighted by Crippen LogP contribution is 2.25. The van der Waals surface area contributed by atoms with Crippen LogP contribution in [-0.2, 0) is 11.3 Å². The van der Waals surface area contributed by atoms with E-state index in [-0.39, 0.29) is 0 Å². The third kappa shape index (κ3) is 5.51. The van der Waals surface area contributed by atoms with Crippen LogP contribution in [0.4, 0.5) is 5.69 Å². The van der Waals surface area contributed by atoms with E-state index in [1.807, 2.05) is 0 Å². The number of hydrogen-bond acceptors (Lipinski definition) is 3. The fraction of sp³-hybridized carbons (Fsp3) is 0.600. The lowest BCUT2D eigenvalue weighted by molar-refractivity contribution is 0.205. The summed E-state index contributed by atoms with van der Waals surface area (Å²) in [5, 5.41) is 3.47. The second-order valence-electron chi connectivity index (χ2n) is 4.52. The molecule has 1 rings (SSSR count). The normalized spacial score (nSPS) is 10.7. The highest BCUT2D eigenvalue weighted by Gasteiger charge is 2.10. The Hall–Kier alpha value is -0.580. The van der Waals surface area contributed by atoms with E-state index in [0.29, 0.717) is 0 Å². The summed E-state index contributed by atoms with van der Waals surface area (Å²) in [7, 11) is 1.75. The van der Waals surface area contributed by atoms with Crippen molar-refractivity contribution in [1.29, 1.82) is 0 Å². The van der Waals surface area contributed by atoms with Crippen molar-refractivity contribution >= 4 is 21.6 Å². The zero-order valence-electron chi connectivity index (χ0n) is 12.2. The van der Waals surface area contributed by atoms with Gasteiger partial charge in [-0.05, 0) is 37.6 Å². The topological polar surface area (TPSA) is 24.5 Å². The number of hydrogen-bond donors (Lipinski definition) is 1. The molecule has 0 atom stereocenters. The van der Waals surface area contributed by atoms with Crippen LogP contribution in [0.15, 0.2) is 22.7 Å². The van der Waals surface area contributed by atoms with E-state index in [1.165, 1.54) is 11.3 Å². The maximum Gasteiger partial charge on any atom is 0.0637 e. The number of nitrogens with one attached hydrogen (secondary N) is 1. The zero-order chi connectivity index (χ0) is 14.1. The number of benzene rings is 1. The van der Waals surface area contributed by atoms with E-state index in [0.717, 1.165) is 43.7 Å². The van der Waals surface area contributed by atoms with Gasteiger partial charge in [-0.25, -0.2) is 0 Å². The van der Waals surface area contributed by atoms with Crippen LogP contribution in [-0.4, -0.2) is 33.4 Å². The molecule has 4 heteroatoms. The SMILES string of the molecule is CCCNCc1ccc(Br)cc1N(CC)CCOC. The molecule has 108 valence electrons. The third-order valence-corrected chi connectivity index (χ3v) is 3.57. The fourth-order valence-corrected chi connectivity index (χ4v) is 2.38. The van der Waals surface area contributed by atoms with E-state index in [1.54, 1.807) is 7.11 Å². The van der Waals surface area contributed by atoms with Crippen LogP contribution in [0.3, 0.4) is 0 Å². The fourth-order valence-electron chi connectivity index (χ4n) is 2.03. The Labute approximate surface area is 125 Å². The van der Waals surface area contributed by atoms with Crippen molar-refractivity contribution in [3.8, 4) is 0 Å². The van der Waals surface area contributed by atoms with E-state index in [9.17, 15) is 0 Å². The maximum atomic E-state index is 5.20. The van der Waals surface area contributed by atoms with Crippen molar-refractivity contribution in [1.82, 2.24) is 5.32 Å². The summed E-state index contributed by atoms with van der Waals surface area (Å²) in [4.78, 5) is 2.36. The summed E-state index contributed by atoms with van der Waals surface area (Å²) < 4.78 is 6.32. The Kier molecular flexibility index (Phi) is 8.10. The Bertz CT molecular complexity index is 371. The van der Waals surface area contributed by atoms with Gasteiger partial charge in [0.25, 0.3) is 0 Å². The van der Waals surface area contributed by atoms with Crippen LogP contribution >= 0.6 is 15.9 Å². The molecule has 0 bridgehead atoms. The standard InChI is InChI=1S/C15H25BrN2O/c1-4-8-17-12-13-6-7-14(16)11-15(13)18(5-2)9-10-19-3/h6-7,11,17H,4-5,8-10,12H2,1-3H3. The molecule has 1 aromatic carbocycles. The van der Waals surface area contributed by atoms with Gasteiger partial charge >= 0.3 is 0 Å². The largest absolute Gasteiger partial charge is 0.383 e. The number of methoxy groups -OCH3 is 1. The molecule has 0 saturated heterocycles. The number of halogens is 1. The van der Waals surface area contributed by atoms with E-state index >= 15 is 0 Å². The molecule has 0 saturated carbocycles. The summed E-state index contributed by atoms with van der Waals surface area (Å²) in [5.74, 6) is 0. The van der Waals surface area contributed by atoms with Gasteiger partial charge in [0.05, 0.1) is 6.61 Å². The first kappa shape index (κ1) is 16.5. The van der Waals surface area contributed by atoms with Gasteiger partial charge in [0.1, 0.15) is 0 Å². The first-order valence-corrected chi connectivity index (χ1v) is 7.75. The van der Waals surface area contributed by atoms with E-state index < -0.39 is 0 Å². The number of ether oxygens (including phenoxy) is 1. The molecule has 3 nitrogen and oxygen atoms in total. The van der Waals surface area contributed by atoms with Crippen LogP contribution < -0.4 is 10.2 Å². The lowest BCUT2D eigenvalue weighted by Gasteiger charge is -2.26. The molecule has 0 aromatic heterocycles. The molecule has 0 spiro atoms. The summed E-state index contributed by atoms with van der Waals surface area (Å²) in [5.41, 5.74) is 2.63. The molecule has 1 N–H and O–H groups in total. The maximum absolute atomic E-state index is 5.20. The second-order valence-corrected chi connectivity index (χ2v) is 5.44.